The summed E-state index contributed by atoms with van der Waals surface area (Å²) in [6.07, 6.45) is 0. The third-order valence-electron chi connectivity index (χ3n) is 1.55. The average Bonchev–Trinajstić information content (AvgIpc) is 2.46. The second-order valence-electron chi connectivity index (χ2n) is 2.36. The number of nitrogens with one attached hydrogen (secondary N) is 1. The number of hydrogen-bond donors (Lipinski definition) is 1. The summed E-state index contributed by atoms with van der Waals surface area (Å²) < 4.78 is 0.975. The lowest BCUT2D eigenvalue weighted by Gasteiger charge is -1.87. The highest BCUT2D eigenvalue weighted by Crippen LogP contribution is 2.17. The zero-order valence-corrected chi connectivity index (χ0v) is 7.59. The predicted molar refractivity (Wildman–Crippen MR) is 48.5 cm³/mol. The Morgan fingerprint density at radius 2 is 2.33 bits per heavy atom. The molecule has 0 aliphatic carbocycles. The standard InChI is InChI=1S/C8H4BrN3/c9-5-1-2-6-7(3-5)12-8(4-10)11-6/h1-3H,(H,11,12). The number of benzene rings is 1. The Hall–Kier alpha value is -1.34. The molecule has 0 amide bonds. The van der Waals surface area contributed by atoms with Gasteiger partial charge in [-0.3, -0.25) is 0 Å². The fourth-order valence-electron chi connectivity index (χ4n) is 1.03. The maximum absolute atomic E-state index is 8.55. The minimum Gasteiger partial charge on any atom is -0.329 e. The minimum atomic E-state index is 0.350. The van der Waals surface area contributed by atoms with Gasteiger partial charge < -0.3 is 4.98 Å². The molecule has 0 unspecified atom stereocenters. The molecule has 12 heavy (non-hydrogen) atoms. The van der Waals surface area contributed by atoms with Crippen LogP contribution in [0.3, 0.4) is 0 Å². The highest BCUT2D eigenvalue weighted by molar-refractivity contribution is 9.10. The molecule has 2 rings (SSSR count). The maximum atomic E-state index is 8.55. The fraction of sp³-hybridized carbons (Fsp3) is 0. The summed E-state index contributed by atoms with van der Waals surface area (Å²) in [7, 11) is 0. The monoisotopic (exact) mass is 221 g/mol. The minimum absolute atomic E-state index is 0.350. The molecule has 1 heterocycles. The third kappa shape index (κ3) is 1.08. The van der Waals surface area contributed by atoms with E-state index in [-0.39, 0.29) is 0 Å². The summed E-state index contributed by atoms with van der Waals surface area (Å²) in [6.45, 7) is 0. The summed E-state index contributed by atoms with van der Waals surface area (Å²) in [5.41, 5.74) is 1.69. The zero-order chi connectivity index (χ0) is 8.55. The van der Waals surface area contributed by atoms with Gasteiger partial charge in [0.05, 0.1) is 11.0 Å². The first-order valence-corrected chi connectivity index (χ1v) is 4.14. The lowest BCUT2D eigenvalue weighted by Crippen LogP contribution is -1.71. The number of fused-ring (bicyclic) bond motifs is 1. The van der Waals surface area contributed by atoms with Crippen molar-refractivity contribution in [1.82, 2.24) is 9.97 Å². The molecule has 0 radical (unpaired) electrons. The van der Waals surface area contributed by atoms with Gasteiger partial charge in [0.1, 0.15) is 6.07 Å². The highest BCUT2D eigenvalue weighted by atomic mass is 79.9. The quantitative estimate of drug-likeness (QED) is 0.742. The number of nitriles is 1. The molecule has 0 saturated carbocycles. The van der Waals surface area contributed by atoms with Crippen LogP contribution < -0.4 is 0 Å². The van der Waals surface area contributed by atoms with E-state index in [0.717, 1.165) is 15.5 Å². The van der Waals surface area contributed by atoms with Crippen molar-refractivity contribution in [2.24, 2.45) is 0 Å². The second-order valence-corrected chi connectivity index (χ2v) is 3.27. The molecule has 4 heteroatoms. The van der Waals surface area contributed by atoms with Crippen LogP contribution in [0.2, 0.25) is 0 Å². The van der Waals surface area contributed by atoms with Crippen LogP contribution in [-0.4, -0.2) is 9.97 Å². The smallest absolute Gasteiger partial charge is 0.211 e. The zero-order valence-electron chi connectivity index (χ0n) is 6.00. The van der Waals surface area contributed by atoms with Crippen molar-refractivity contribution < 1.29 is 0 Å². The highest BCUT2D eigenvalue weighted by Gasteiger charge is 2.00. The largest absolute Gasteiger partial charge is 0.329 e. The Labute approximate surface area is 77.2 Å². The van der Waals surface area contributed by atoms with E-state index in [0.29, 0.717) is 5.82 Å². The number of H-pyrrole nitrogens is 1. The van der Waals surface area contributed by atoms with E-state index in [4.69, 9.17) is 5.26 Å². The lowest BCUT2D eigenvalue weighted by atomic mass is 10.3. The van der Waals surface area contributed by atoms with Crippen LogP contribution in [0.5, 0.6) is 0 Å². The number of aromatic nitrogens is 2. The molecule has 58 valence electrons. The van der Waals surface area contributed by atoms with Gasteiger partial charge in [-0.25, -0.2) is 4.98 Å². The van der Waals surface area contributed by atoms with Crippen molar-refractivity contribution in [2.45, 2.75) is 0 Å². The second kappa shape index (κ2) is 2.61. The van der Waals surface area contributed by atoms with Gasteiger partial charge in [0, 0.05) is 4.47 Å². The molecule has 0 aliphatic heterocycles. The number of aromatic amines is 1. The van der Waals surface area contributed by atoms with Crippen LogP contribution in [0, 0.1) is 11.3 Å². The van der Waals surface area contributed by atoms with E-state index < -0.39 is 0 Å². The SMILES string of the molecule is N#Cc1nc2ccc(Br)cc2[nH]1. The first-order valence-electron chi connectivity index (χ1n) is 3.35. The molecule has 1 aromatic heterocycles. The first-order chi connectivity index (χ1) is 5.79. The van der Waals surface area contributed by atoms with E-state index in [1.54, 1.807) is 0 Å². The summed E-state index contributed by atoms with van der Waals surface area (Å²) in [5, 5.41) is 8.55. The van der Waals surface area contributed by atoms with Crippen LogP contribution in [0.25, 0.3) is 11.0 Å². The summed E-state index contributed by atoms with van der Waals surface area (Å²) in [5.74, 6) is 0.350. The van der Waals surface area contributed by atoms with Crippen LogP contribution in [0.15, 0.2) is 22.7 Å². The Morgan fingerprint density at radius 3 is 3.08 bits per heavy atom. The number of nitrogens with zero attached hydrogens (tertiary/aromatic N) is 2. The molecule has 0 atom stereocenters. The molecule has 3 nitrogen and oxygen atoms in total. The van der Waals surface area contributed by atoms with Gasteiger partial charge in [0.25, 0.3) is 0 Å². The summed E-state index contributed by atoms with van der Waals surface area (Å²) in [6, 6.07) is 7.60. The summed E-state index contributed by atoms with van der Waals surface area (Å²) >= 11 is 3.33. The molecule has 1 N–H and O–H groups in total. The number of rotatable bonds is 0. The molecule has 1 aromatic carbocycles. The van der Waals surface area contributed by atoms with Gasteiger partial charge in [-0.1, -0.05) is 15.9 Å². The predicted octanol–water partition coefficient (Wildman–Crippen LogP) is 2.20. The molecule has 2 aromatic rings. The van der Waals surface area contributed by atoms with Crippen molar-refractivity contribution in [3.05, 3.63) is 28.5 Å². The molecule has 0 aliphatic rings. The van der Waals surface area contributed by atoms with Gasteiger partial charge in [-0.15, -0.1) is 0 Å². The van der Waals surface area contributed by atoms with Crippen molar-refractivity contribution in [2.75, 3.05) is 0 Å². The maximum Gasteiger partial charge on any atom is 0.211 e. The lowest BCUT2D eigenvalue weighted by molar-refractivity contribution is 1.25. The van der Waals surface area contributed by atoms with E-state index in [1.165, 1.54) is 0 Å². The van der Waals surface area contributed by atoms with Crippen LogP contribution >= 0.6 is 15.9 Å². The van der Waals surface area contributed by atoms with Gasteiger partial charge >= 0.3 is 0 Å². The third-order valence-corrected chi connectivity index (χ3v) is 2.04. The van der Waals surface area contributed by atoms with Crippen molar-refractivity contribution in [3.63, 3.8) is 0 Å². The normalized spacial score (nSPS) is 10.0. The van der Waals surface area contributed by atoms with Gasteiger partial charge in [0.15, 0.2) is 0 Å². The van der Waals surface area contributed by atoms with E-state index in [2.05, 4.69) is 25.9 Å². The number of halogens is 1. The average molecular weight is 222 g/mol. The molecular weight excluding hydrogens is 218 g/mol. The Morgan fingerprint density at radius 1 is 1.50 bits per heavy atom. The first kappa shape index (κ1) is 7.32. The molecule has 0 bridgehead atoms. The number of hydrogen-bond acceptors (Lipinski definition) is 2. The topological polar surface area (TPSA) is 52.5 Å². The van der Waals surface area contributed by atoms with Crippen molar-refractivity contribution >= 4 is 27.0 Å². The fourth-order valence-corrected chi connectivity index (χ4v) is 1.40. The molecule has 0 saturated heterocycles. The van der Waals surface area contributed by atoms with Crippen LogP contribution in [0.1, 0.15) is 5.82 Å². The Kier molecular flexibility index (Phi) is 1.59. The van der Waals surface area contributed by atoms with Crippen molar-refractivity contribution in [1.29, 1.82) is 5.26 Å². The Balaban J connectivity index is 2.77. The Bertz CT molecular complexity index is 467. The van der Waals surface area contributed by atoms with E-state index in [9.17, 15) is 0 Å². The molecular formula is C8H4BrN3. The van der Waals surface area contributed by atoms with Crippen LogP contribution in [-0.2, 0) is 0 Å². The molecule has 0 spiro atoms. The van der Waals surface area contributed by atoms with Gasteiger partial charge in [-0.05, 0) is 18.2 Å². The number of imidazole rings is 1. The van der Waals surface area contributed by atoms with E-state index in [1.807, 2.05) is 24.3 Å². The van der Waals surface area contributed by atoms with Gasteiger partial charge in [0.2, 0.25) is 5.82 Å². The van der Waals surface area contributed by atoms with E-state index >= 15 is 0 Å². The van der Waals surface area contributed by atoms with Crippen LogP contribution in [0.4, 0.5) is 0 Å². The summed E-state index contributed by atoms with van der Waals surface area (Å²) in [4.78, 5) is 6.92. The van der Waals surface area contributed by atoms with Gasteiger partial charge in [-0.2, -0.15) is 5.26 Å². The van der Waals surface area contributed by atoms with Crippen molar-refractivity contribution in [3.8, 4) is 6.07 Å². The molecule has 0 fully saturated rings.